The molecule has 0 aliphatic heterocycles. The number of unbranched alkanes of at least 4 members (excludes halogenated alkanes) is 1. The van der Waals surface area contributed by atoms with Gasteiger partial charge in [0.05, 0.1) is 5.69 Å². The van der Waals surface area contributed by atoms with Crippen molar-refractivity contribution in [2.75, 3.05) is 13.2 Å². The van der Waals surface area contributed by atoms with Crippen LogP contribution in [0.15, 0.2) is 12.3 Å². The van der Waals surface area contributed by atoms with Crippen LogP contribution in [-0.4, -0.2) is 33.9 Å². The number of nitrogens with one attached hydrogen (secondary N) is 1. The predicted octanol–water partition coefficient (Wildman–Crippen LogP) is 0.241. The molecular formula is C11H19N3O2. The quantitative estimate of drug-likeness (QED) is 0.653. The monoisotopic (exact) mass is 225 g/mol. The van der Waals surface area contributed by atoms with Gasteiger partial charge in [-0.05, 0) is 18.9 Å². The molecule has 0 spiro atoms. The lowest BCUT2D eigenvalue weighted by molar-refractivity contribution is -0.121. The summed E-state index contributed by atoms with van der Waals surface area (Å²) in [7, 11) is 1.87. The maximum Gasteiger partial charge on any atom is 0.220 e. The number of hydrogen-bond acceptors (Lipinski definition) is 3. The predicted molar refractivity (Wildman–Crippen MR) is 60.9 cm³/mol. The minimum Gasteiger partial charge on any atom is -0.396 e. The van der Waals surface area contributed by atoms with Gasteiger partial charge in [-0.25, -0.2) is 0 Å². The Morgan fingerprint density at radius 2 is 2.38 bits per heavy atom. The van der Waals surface area contributed by atoms with Gasteiger partial charge in [-0.3, -0.25) is 9.48 Å². The number of carbonyl (C=O) groups is 1. The van der Waals surface area contributed by atoms with Crippen molar-refractivity contribution in [1.82, 2.24) is 15.1 Å². The van der Waals surface area contributed by atoms with Crippen LogP contribution < -0.4 is 5.32 Å². The summed E-state index contributed by atoms with van der Waals surface area (Å²) in [5.41, 5.74) is 0.984. The molecule has 0 fully saturated rings. The van der Waals surface area contributed by atoms with Crippen LogP contribution in [0.3, 0.4) is 0 Å². The zero-order valence-electron chi connectivity index (χ0n) is 9.65. The van der Waals surface area contributed by atoms with Gasteiger partial charge in [0.2, 0.25) is 5.91 Å². The highest BCUT2D eigenvalue weighted by molar-refractivity contribution is 5.75. The Bertz CT molecular complexity index is 323. The molecule has 0 atom stereocenters. The standard InChI is InChI=1S/C11H19N3O2/c1-14-8-6-10(13-14)5-7-12-11(16)4-2-3-9-15/h6,8,15H,2-5,7,9H2,1H3,(H,12,16). The molecule has 16 heavy (non-hydrogen) atoms. The van der Waals surface area contributed by atoms with Gasteiger partial charge in [0.1, 0.15) is 0 Å². The summed E-state index contributed by atoms with van der Waals surface area (Å²) in [6, 6.07) is 1.94. The van der Waals surface area contributed by atoms with Gasteiger partial charge in [-0.15, -0.1) is 0 Å². The van der Waals surface area contributed by atoms with E-state index in [9.17, 15) is 4.79 Å². The number of aromatic nitrogens is 2. The van der Waals surface area contributed by atoms with Crippen LogP contribution in [0.2, 0.25) is 0 Å². The zero-order valence-corrected chi connectivity index (χ0v) is 9.65. The van der Waals surface area contributed by atoms with E-state index in [1.807, 2.05) is 19.3 Å². The molecule has 5 heteroatoms. The Hall–Kier alpha value is -1.36. The van der Waals surface area contributed by atoms with E-state index in [0.717, 1.165) is 18.5 Å². The fourth-order valence-corrected chi connectivity index (χ4v) is 1.41. The van der Waals surface area contributed by atoms with Gasteiger partial charge in [-0.1, -0.05) is 0 Å². The minimum atomic E-state index is 0.0457. The molecule has 2 N–H and O–H groups in total. The topological polar surface area (TPSA) is 67.2 Å². The first kappa shape index (κ1) is 12.7. The average molecular weight is 225 g/mol. The highest BCUT2D eigenvalue weighted by Crippen LogP contribution is 1.96. The molecule has 0 aliphatic carbocycles. The van der Waals surface area contributed by atoms with E-state index in [-0.39, 0.29) is 12.5 Å². The molecule has 0 bridgehead atoms. The van der Waals surface area contributed by atoms with E-state index >= 15 is 0 Å². The van der Waals surface area contributed by atoms with Gasteiger partial charge in [-0.2, -0.15) is 5.10 Å². The van der Waals surface area contributed by atoms with E-state index in [4.69, 9.17) is 5.11 Å². The highest BCUT2D eigenvalue weighted by Gasteiger charge is 2.01. The van der Waals surface area contributed by atoms with Crippen molar-refractivity contribution >= 4 is 5.91 Å². The van der Waals surface area contributed by atoms with Crippen LogP contribution in [0.5, 0.6) is 0 Å². The van der Waals surface area contributed by atoms with Crippen LogP contribution in [0.4, 0.5) is 0 Å². The third-order valence-electron chi connectivity index (χ3n) is 2.28. The van der Waals surface area contributed by atoms with Gasteiger partial charge in [0.15, 0.2) is 0 Å². The largest absolute Gasteiger partial charge is 0.396 e. The summed E-state index contributed by atoms with van der Waals surface area (Å²) in [6.07, 6.45) is 4.56. The second-order valence-electron chi connectivity index (χ2n) is 3.76. The van der Waals surface area contributed by atoms with Crippen molar-refractivity contribution in [1.29, 1.82) is 0 Å². The number of carbonyl (C=O) groups excluding carboxylic acids is 1. The first-order valence-corrected chi connectivity index (χ1v) is 5.58. The van der Waals surface area contributed by atoms with Crippen molar-refractivity contribution in [3.63, 3.8) is 0 Å². The number of aryl methyl sites for hydroxylation is 1. The first-order chi connectivity index (χ1) is 7.72. The van der Waals surface area contributed by atoms with E-state index in [1.165, 1.54) is 0 Å². The lowest BCUT2D eigenvalue weighted by Gasteiger charge is -2.03. The SMILES string of the molecule is Cn1ccc(CCNC(=O)CCCCO)n1. The lowest BCUT2D eigenvalue weighted by atomic mass is 10.2. The van der Waals surface area contributed by atoms with Gasteiger partial charge in [0, 0.05) is 39.2 Å². The molecule has 0 radical (unpaired) electrons. The molecule has 90 valence electrons. The Morgan fingerprint density at radius 3 is 3.00 bits per heavy atom. The molecule has 1 aromatic rings. The number of amides is 1. The molecule has 0 unspecified atom stereocenters. The van der Waals surface area contributed by atoms with Crippen molar-refractivity contribution in [3.05, 3.63) is 18.0 Å². The van der Waals surface area contributed by atoms with Crippen LogP contribution >= 0.6 is 0 Å². The molecule has 0 aliphatic rings. The summed E-state index contributed by atoms with van der Waals surface area (Å²) >= 11 is 0. The van der Waals surface area contributed by atoms with Crippen LogP contribution in [0.1, 0.15) is 25.0 Å². The number of nitrogens with zero attached hydrogens (tertiary/aromatic N) is 2. The average Bonchev–Trinajstić information content (AvgIpc) is 2.65. The molecular weight excluding hydrogens is 206 g/mol. The van der Waals surface area contributed by atoms with Crippen LogP contribution in [0, 0.1) is 0 Å². The second kappa shape index (κ2) is 7.00. The zero-order chi connectivity index (χ0) is 11.8. The summed E-state index contributed by atoms with van der Waals surface area (Å²) in [5.74, 6) is 0.0457. The number of rotatable bonds is 7. The normalized spacial score (nSPS) is 10.4. The van der Waals surface area contributed by atoms with Crippen LogP contribution in [-0.2, 0) is 18.3 Å². The molecule has 1 amide bonds. The Balaban J connectivity index is 2.08. The summed E-state index contributed by atoms with van der Waals surface area (Å²) in [4.78, 5) is 11.3. The van der Waals surface area contributed by atoms with Gasteiger partial charge >= 0.3 is 0 Å². The Morgan fingerprint density at radius 1 is 1.56 bits per heavy atom. The van der Waals surface area contributed by atoms with E-state index in [2.05, 4.69) is 10.4 Å². The van der Waals surface area contributed by atoms with Crippen molar-refractivity contribution < 1.29 is 9.90 Å². The molecule has 1 aromatic heterocycles. The fourth-order valence-electron chi connectivity index (χ4n) is 1.41. The van der Waals surface area contributed by atoms with Gasteiger partial charge < -0.3 is 10.4 Å². The number of aliphatic hydroxyl groups excluding tert-OH is 1. The van der Waals surface area contributed by atoms with Crippen molar-refractivity contribution in [2.45, 2.75) is 25.7 Å². The molecule has 1 heterocycles. The number of hydrogen-bond donors (Lipinski definition) is 2. The molecule has 5 nitrogen and oxygen atoms in total. The van der Waals surface area contributed by atoms with Crippen molar-refractivity contribution in [3.8, 4) is 0 Å². The summed E-state index contributed by atoms with van der Waals surface area (Å²) < 4.78 is 1.75. The number of aliphatic hydroxyl groups is 1. The van der Waals surface area contributed by atoms with Gasteiger partial charge in [0.25, 0.3) is 0 Å². The highest BCUT2D eigenvalue weighted by atomic mass is 16.2. The molecule has 1 rings (SSSR count). The van der Waals surface area contributed by atoms with E-state index < -0.39 is 0 Å². The fraction of sp³-hybridized carbons (Fsp3) is 0.636. The third-order valence-corrected chi connectivity index (χ3v) is 2.28. The lowest BCUT2D eigenvalue weighted by Crippen LogP contribution is -2.25. The van der Waals surface area contributed by atoms with E-state index in [0.29, 0.717) is 19.4 Å². The Labute approximate surface area is 95.5 Å². The maximum absolute atomic E-state index is 11.3. The maximum atomic E-state index is 11.3. The molecule has 0 saturated heterocycles. The molecule has 0 saturated carbocycles. The Kier molecular flexibility index (Phi) is 5.56. The summed E-state index contributed by atoms with van der Waals surface area (Å²) in [5, 5.41) is 15.6. The van der Waals surface area contributed by atoms with Crippen LogP contribution in [0.25, 0.3) is 0 Å². The third kappa shape index (κ3) is 4.93. The molecule has 0 aromatic carbocycles. The smallest absolute Gasteiger partial charge is 0.220 e. The van der Waals surface area contributed by atoms with Crippen molar-refractivity contribution in [2.24, 2.45) is 7.05 Å². The first-order valence-electron chi connectivity index (χ1n) is 5.58. The minimum absolute atomic E-state index is 0.0457. The van der Waals surface area contributed by atoms with E-state index in [1.54, 1.807) is 4.68 Å². The second-order valence-corrected chi connectivity index (χ2v) is 3.76. The summed E-state index contributed by atoms with van der Waals surface area (Å²) in [6.45, 7) is 0.774.